The van der Waals surface area contributed by atoms with Crippen molar-refractivity contribution in [2.75, 3.05) is 12.3 Å². The molecule has 112 valence electrons. The van der Waals surface area contributed by atoms with Crippen molar-refractivity contribution in [1.29, 1.82) is 0 Å². The lowest BCUT2D eigenvalue weighted by atomic mass is 9.63. The molecule has 2 unspecified atom stereocenters. The summed E-state index contributed by atoms with van der Waals surface area (Å²) < 4.78 is 5.68. The first kappa shape index (κ1) is 14.1. The maximum Gasteiger partial charge on any atom is 0.263 e. The lowest BCUT2D eigenvalue weighted by Crippen LogP contribution is -2.63. The Bertz CT molecular complexity index is 624. The van der Waals surface area contributed by atoms with Gasteiger partial charge in [0.15, 0.2) is 0 Å². The highest BCUT2D eigenvalue weighted by Gasteiger charge is 2.56. The first-order chi connectivity index (χ1) is 9.89. The van der Waals surface area contributed by atoms with E-state index in [9.17, 15) is 9.59 Å². The molecule has 5 nitrogen and oxygen atoms in total. The fourth-order valence-electron chi connectivity index (χ4n) is 3.40. The Morgan fingerprint density at radius 3 is 2.62 bits per heavy atom. The molecule has 5 heteroatoms. The van der Waals surface area contributed by atoms with Crippen LogP contribution < -0.4 is 5.73 Å². The Morgan fingerprint density at radius 1 is 1.33 bits per heavy atom. The maximum atomic E-state index is 12.6. The van der Waals surface area contributed by atoms with Gasteiger partial charge in [-0.2, -0.15) is 0 Å². The molecule has 3 rings (SSSR count). The van der Waals surface area contributed by atoms with Crippen LogP contribution in [0.25, 0.3) is 0 Å². The normalized spacial score (nSPS) is 26.7. The molecular weight excluding hydrogens is 268 g/mol. The molecule has 1 fully saturated rings. The Hall–Kier alpha value is -1.88. The standard InChI is InChI=1S/C16H20N2O3/c1-4-21-12-8-11(16(12,2)3)18-14(19)9-6-5-7-10(17)13(9)15(18)20/h5-7,11-12H,4,8,17H2,1-3H3. The average Bonchev–Trinajstić information content (AvgIpc) is 2.68. The van der Waals surface area contributed by atoms with E-state index in [4.69, 9.17) is 10.5 Å². The molecule has 0 aromatic heterocycles. The monoisotopic (exact) mass is 288 g/mol. The van der Waals surface area contributed by atoms with Crippen molar-refractivity contribution in [3.63, 3.8) is 0 Å². The van der Waals surface area contributed by atoms with Crippen molar-refractivity contribution < 1.29 is 14.3 Å². The van der Waals surface area contributed by atoms with Gasteiger partial charge >= 0.3 is 0 Å². The maximum absolute atomic E-state index is 12.6. The zero-order chi connectivity index (χ0) is 15.4. The van der Waals surface area contributed by atoms with Crippen LogP contribution in [0, 0.1) is 5.41 Å². The number of anilines is 1. The van der Waals surface area contributed by atoms with Crippen LogP contribution in [0.3, 0.4) is 0 Å². The van der Waals surface area contributed by atoms with Gasteiger partial charge in [0, 0.05) is 17.7 Å². The Balaban J connectivity index is 1.92. The van der Waals surface area contributed by atoms with E-state index in [0.717, 1.165) is 0 Å². The molecule has 1 aliphatic carbocycles. The predicted molar refractivity (Wildman–Crippen MR) is 79.0 cm³/mol. The van der Waals surface area contributed by atoms with Crippen LogP contribution in [0.4, 0.5) is 5.69 Å². The second kappa shape index (κ2) is 4.56. The largest absolute Gasteiger partial charge is 0.398 e. The third-order valence-electron chi connectivity index (χ3n) is 4.78. The van der Waals surface area contributed by atoms with Gasteiger partial charge in [0.25, 0.3) is 11.8 Å². The highest BCUT2D eigenvalue weighted by Crippen LogP contribution is 2.48. The third-order valence-corrected chi connectivity index (χ3v) is 4.78. The van der Waals surface area contributed by atoms with Gasteiger partial charge in [-0.1, -0.05) is 19.9 Å². The van der Waals surface area contributed by atoms with Crippen molar-refractivity contribution in [3.05, 3.63) is 29.3 Å². The molecule has 1 aromatic carbocycles. The second-order valence-corrected chi connectivity index (χ2v) is 6.27. The van der Waals surface area contributed by atoms with Gasteiger partial charge in [-0.15, -0.1) is 0 Å². The highest BCUT2D eigenvalue weighted by atomic mass is 16.5. The summed E-state index contributed by atoms with van der Waals surface area (Å²) in [7, 11) is 0. The van der Waals surface area contributed by atoms with Crippen molar-refractivity contribution in [3.8, 4) is 0 Å². The number of fused-ring (bicyclic) bond motifs is 1. The molecule has 0 radical (unpaired) electrons. The molecule has 0 spiro atoms. The summed E-state index contributed by atoms with van der Waals surface area (Å²) in [6.45, 7) is 6.66. The molecular formula is C16H20N2O3. The van der Waals surface area contributed by atoms with E-state index in [0.29, 0.717) is 29.8 Å². The van der Waals surface area contributed by atoms with Crippen LogP contribution in [0.5, 0.6) is 0 Å². The summed E-state index contributed by atoms with van der Waals surface area (Å²) in [5.74, 6) is -0.517. The van der Waals surface area contributed by atoms with Crippen LogP contribution >= 0.6 is 0 Å². The van der Waals surface area contributed by atoms with Gasteiger partial charge in [-0.25, -0.2) is 0 Å². The van der Waals surface area contributed by atoms with Crippen LogP contribution in [0.1, 0.15) is 47.9 Å². The molecule has 1 heterocycles. The number of hydrogen-bond donors (Lipinski definition) is 1. The molecule has 1 saturated carbocycles. The summed E-state index contributed by atoms with van der Waals surface area (Å²) in [4.78, 5) is 26.5. The number of hydrogen-bond acceptors (Lipinski definition) is 4. The van der Waals surface area contributed by atoms with Crippen LogP contribution in [0.15, 0.2) is 18.2 Å². The van der Waals surface area contributed by atoms with Crippen molar-refractivity contribution >= 4 is 17.5 Å². The fraction of sp³-hybridized carbons (Fsp3) is 0.500. The molecule has 21 heavy (non-hydrogen) atoms. The fourth-order valence-corrected chi connectivity index (χ4v) is 3.40. The van der Waals surface area contributed by atoms with Gasteiger partial charge in [-0.05, 0) is 25.5 Å². The SMILES string of the molecule is CCOC1CC(N2C(=O)c3cccc(N)c3C2=O)C1(C)C. The van der Waals surface area contributed by atoms with Crippen LogP contribution in [-0.4, -0.2) is 35.5 Å². The number of amides is 2. The molecule has 2 aliphatic rings. The third kappa shape index (κ3) is 1.80. The Morgan fingerprint density at radius 2 is 2.05 bits per heavy atom. The highest BCUT2D eigenvalue weighted by molar-refractivity contribution is 6.23. The van der Waals surface area contributed by atoms with Crippen LogP contribution in [0.2, 0.25) is 0 Å². The Labute approximate surface area is 124 Å². The number of nitrogens with zero attached hydrogens (tertiary/aromatic N) is 1. The molecule has 1 aliphatic heterocycles. The number of carbonyl (C=O) groups is 2. The molecule has 1 aromatic rings. The quantitative estimate of drug-likeness (QED) is 0.682. The molecule has 2 amide bonds. The van der Waals surface area contributed by atoms with E-state index in [-0.39, 0.29) is 29.4 Å². The second-order valence-electron chi connectivity index (χ2n) is 6.27. The van der Waals surface area contributed by atoms with E-state index in [1.807, 2.05) is 20.8 Å². The summed E-state index contributed by atoms with van der Waals surface area (Å²) in [5, 5.41) is 0. The first-order valence-corrected chi connectivity index (χ1v) is 7.27. The van der Waals surface area contributed by atoms with Gasteiger partial charge in [-0.3, -0.25) is 14.5 Å². The van der Waals surface area contributed by atoms with E-state index < -0.39 is 0 Å². The minimum Gasteiger partial charge on any atom is -0.398 e. The zero-order valence-corrected chi connectivity index (χ0v) is 12.6. The summed E-state index contributed by atoms with van der Waals surface area (Å²) in [6, 6.07) is 4.89. The smallest absolute Gasteiger partial charge is 0.263 e. The van der Waals surface area contributed by atoms with E-state index in [1.54, 1.807) is 18.2 Å². The van der Waals surface area contributed by atoms with Gasteiger partial charge in [0.1, 0.15) is 0 Å². The minimum atomic E-state index is -0.277. The molecule has 0 bridgehead atoms. The predicted octanol–water partition coefficient (Wildman–Crippen LogP) is 2.07. The number of imide groups is 1. The lowest BCUT2D eigenvalue weighted by molar-refractivity contribution is -0.132. The van der Waals surface area contributed by atoms with E-state index in [1.165, 1.54) is 4.90 Å². The van der Waals surface area contributed by atoms with Gasteiger partial charge < -0.3 is 10.5 Å². The number of ether oxygens (including phenoxy) is 1. The van der Waals surface area contributed by atoms with Crippen molar-refractivity contribution in [2.24, 2.45) is 5.41 Å². The zero-order valence-electron chi connectivity index (χ0n) is 12.6. The van der Waals surface area contributed by atoms with E-state index >= 15 is 0 Å². The molecule has 2 atom stereocenters. The molecule has 0 saturated heterocycles. The topological polar surface area (TPSA) is 72.6 Å². The number of carbonyl (C=O) groups excluding carboxylic acids is 2. The number of nitrogen functional groups attached to an aromatic ring is 1. The first-order valence-electron chi connectivity index (χ1n) is 7.27. The van der Waals surface area contributed by atoms with Crippen molar-refractivity contribution in [2.45, 2.75) is 39.3 Å². The van der Waals surface area contributed by atoms with Crippen molar-refractivity contribution in [1.82, 2.24) is 4.90 Å². The Kier molecular flexibility index (Phi) is 3.06. The minimum absolute atomic E-state index is 0.0779. The average molecular weight is 288 g/mol. The summed E-state index contributed by atoms with van der Waals surface area (Å²) >= 11 is 0. The number of nitrogens with two attached hydrogens (primary N) is 1. The van der Waals surface area contributed by atoms with E-state index in [2.05, 4.69) is 0 Å². The summed E-state index contributed by atoms with van der Waals surface area (Å²) in [5.41, 5.74) is 6.75. The van der Waals surface area contributed by atoms with Gasteiger partial charge in [0.05, 0.1) is 23.3 Å². The lowest BCUT2D eigenvalue weighted by Gasteiger charge is -2.54. The van der Waals surface area contributed by atoms with Gasteiger partial charge in [0.2, 0.25) is 0 Å². The molecule has 2 N–H and O–H groups in total. The number of rotatable bonds is 3. The summed E-state index contributed by atoms with van der Waals surface area (Å²) in [6.07, 6.45) is 0.765. The van der Waals surface area contributed by atoms with Crippen LogP contribution in [-0.2, 0) is 4.74 Å². The number of benzene rings is 1.